The minimum atomic E-state index is -0.256. The third-order valence-corrected chi connectivity index (χ3v) is 4.00. The Morgan fingerprint density at radius 3 is 2.50 bits per heavy atom. The molecule has 2 rings (SSSR count). The van der Waals surface area contributed by atoms with E-state index in [1.54, 1.807) is 19.2 Å². The summed E-state index contributed by atoms with van der Waals surface area (Å²) < 4.78 is 19.4. The van der Waals surface area contributed by atoms with Gasteiger partial charge in [-0.05, 0) is 70.9 Å². The van der Waals surface area contributed by atoms with Gasteiger partial charge in [0.2, 0.25) is 0 Å². The molecule has 1 N–H and O–H groups in total. The van der Waals surface area contributed by atoms with Crippen molar-refractivity contribution in [3.63, 3.8) is 0 Å². The normalized spacial score (nSPS) is 12.2. The van der Waals surface area contributed by atoms with Crippen LogP contribution in [0, 0.1) is 12.7 Å². The van der Waals surface area contributed by atoms with Crippen molar-refractivity contribution in [2.75, 3.05) is 14.2 Å². The van der Waals surface area contributed by atoms with Crippen LogP contribution in [0.3, 0.4) is 0 Å². The van der Waals surface area contributed by atoms with Gasteiger partial charge in [-0.25, -0.2) is 4.39 Å². The number of halogens is 2. The fraction of sp³-hybridized carbons (Fsp3) is 0.250. The number of methoxy groups -OCH3 is 1. The van der Waals surface area contributed by atoms with Gasteiger partial charge < -0.3 is 10.1 Å². The third kappa shape index (κ3) is 3.02. The molecule has 0 spiro atoms. The summed E-state index contributed by atoms with van der Waals surface area (Å²) in [7, 11) is 3.52. The Labute approximate surface area is 127 Å². The van der Waals surface area contributed by atoms with E-state index in [2.05, 4.69) is 21.2 Å². The van der Waals surface area contributed by atoms with Crippen LogP contribution in [0.1, 0.15) is 22.7 Å². The zero-order chi connectivity index (χ0) is 14.7. The number of aryl methyl sites for hydroxylation is 1. The quantitative estimate of drug-likeness (QED) is 0.902. The Hall–Kier alpha value is -1.39. The van der Waals surface area contributed by atoms with Gasteiger partial charge in [-0.3, -0.25) is 0 Å². The molecular formula is C16H17BrFNO. The van der Waals surface area contributed by atoms with Gasteiger partial charge >= 0.3 is 0 Å². The van der Waals surface area contributed by atoms with Crippen LogP contribution in [0.15, 0.2) is 40.9 Å². The SMILES string of the molecule is CNC(c1ccc(Br)c(F)c1)c1ccc(OC)cc1C. The standard InChI is InChI=1S/C16H17BrFNO/c1-10-8-12(20-3)5-6-13(10)16(19-2)11-4-7-14(17)15(18)9-11/h4-9,16,19H,1-3H3. The maximum atomic E-state index is 13.7. The Bertz CT molecular complexity index is 615. The third-order valence-electron chi connectivity index (χ3n) is 3.35. The van der Waals surface area contributed by atoms with E-state index in [0.717, 1.165) is 22.4 Å². The van der Waals surface area contributed by atoms with E-state index in [1.807, 2.05) is 38.2 Å². The number of hydrogen-bond donors (Lipinski definition) is 1. The molecular weight excluding hydrogens is 321 g/mol. The zero-order valence-corrected chi connectivity index (χ0v) is 13.3. The van der Waals surface area contributed by atoms with E-state index < -0.39 is 0 Å². The lowest BCUT2D eigenvalue weighted by atomic mass is 9.95. The van der Waals surface area contributed by atoms with Gasteiger partial charge in [0.25, 0.3) is 0 Å². The van der Waals surface area contributed by atoms with E-state index >= 15 is 0 Å². The number of benzene rings is 2. The first kappa shape index (κ1) is 15.0. The van der Waals surface area contributed by atoms with E-state index in [9.17, 15) is 4.39 Å². The second-order valence-corrected chi connectivity index (χ2v) is 5.47. The van der Waals surface area contributed by atoms with Crippen molar-refractivity contribution in [3.05, 3.63) is 63.4 Å². The molecule has 0 aliphatic carbocycles. The van der Waals surface area contributed by atoms with Crippen molar-refractivity contribution in [1.29, 1.82) is 0 Å². The fourth-order valence-corrected chi connectivity index (χ4v) is 2.54. The van der Waals surface area contributed by atoms with Crippen LogP contribution in [0.5, 0.6) is 5.75 Å². The molecule has 2 aromatic carbocycles. The molecule has 4 heteroatoms. The maximum absolute atomic E-state index is 13.7. The number of ether oxygens (including phenoxy) is 1. The predicted octanol–water partition coefficient (Wildman–Crippen LogP) is 4.21. The molecule has 106 valence electrons. The first-order chi connectivity index (χ1) is 9.56. The van der Waals surface area contributed by atoms with Crippen LogP contribution in [0.25, 0.3) is 0 Å². The molecule has 0 amide bonds. The highest BCUT2D eigenvalue weighted by Gasteiger charge is 2.16. The lowest BCUT2D eigenvalue weighted by molar-refractivity contribution is 0.414. The lowest BCUT2D eigenvalue weighted by Gasteiger charge is -2.20. The van der Waals surface area contributed by atoms with E-state index in [1.165, 1.54) is 0 Å². The van der Waals surface area contributed by atoms with Gasteiger partial charge in [-0.1, -0.05) is 12.1 Å². The maximum Gasteiger partial charge on any atom is 0.137 e. The van der Waals surface area contributed by atoms with Crippen LogP contribution in [-0.2, 0) is 0 Å². The lowest BCUT2D eigenvalue weighted by Crippen LogP contribution is -2.18. The summed E-state index contributed by atoms with van der Waals surface area (Å²) >= 11 is 3.18. The summed E-state index contributed by atoms with van der Waals surface area (Å²) in [6.07, 6.45) is 0. The van der Waals surface area contributed by atoms with Gasteiger partial charge in [-0.15, -0.1) is 0 Å². The summed E-state index contributed by atoms with van der Waals surface area (Å²) in [4.78, 5) is 0. The van der Waals surface area contributed by atoms with E-state index in [4.69, 9.17) is 4.74 Å². The number of nitrogens with one attached hydrogen (secondary N) is 1. The Kier molecular flexibility index (Phi) is 4.78. The van der Waals surface area contributed by atoms with Crippen molar-refractivity contribution in [3.8, 4) is 5.75 Å². The van der Waals surface area contributed by atoms with Crippen LogP contribution < -0.4 is 10.1 Å². The minimum absolute atomic E-state index is 0.0523. The summed E-state index contributed by atoms with van der Waals surface area (Å²) in [5.41, 5.74) is 3.10. The van der Waals surface area contributed by atoms with E-state index in [-0.39, 0.29) is 11.9 Å². The van der Waals surface area contributed by atoms with Crippen molar-refractivity contribution >= 4 is 15.9 Å². The molecule has 1 atom stereocenters. The van der Waals surface area contributed by atoms with Crippen LogP contribution in [0.4, 0.5) is 4.39 Å². The Morgan fingerprint density at radius 2 is 1.95 bits per heavy atom. The second-order valence-electron chi connectivity index (χ2n) is 4.62. The summed E-state index contributed by atoms with van der Waals surface area (Å²) in [6.45, 7) is 2.03. The molecule has 2 nitrogen and oxygen atoms in total. The zero-order valence-electron chi connectivity index (χ0n) is 11.7. The largest absolute Gasteiger partial charge is 0.497 e. The van der Waals surface area contributed by atoms with Crippen LogP contribution in [0.2, 0.25) is 0 Å². The molecule has 0 bridgehead atoms. The number of hydrogen-bond acceptors (Lipinski definition) is 2. The molecule has 0 fully saturated rings. The van der Waals surface area contributed by atoms with Crippen LogP contribution >= 0.6 is 15.9 Å². The van der Waals surface area contributed by atoms with Gasteiger partial charge in [0.05, 0.1) is 17.6 Å². The van der Waals surface area contributed by atoms with Crippen molar-refractivity contribution in [2.45, 2.75) is 13.0 Å². The minimum Gasteiger partial charge on any atom is -0.497 e. The molecule has 0 aliphatic rings. The summed E-state index contributed by atoms with van der Waals surface area (Å²) in [5.74, 6) is 0.567. The monoisotopic (exact) mass is 337 g/mol. The average Bonchev–Trinajstić information content (AvgIpc) is 2.45. The molecule has 0 saturated carbocycles. The molecule has 0 heterocycles. The van der Waals surface area contributed by atoms with Gasteiger partial charge in [0.1, 0.15) is 11.6 Å². The molecule has 0 saturated heterocycles. The van der Waals surface area contributed by atoms with Crippen molar-refractivity contribution in [2.24, 2.45) is 0 Å². The molecule has 20 heavy (non-hydrogen) atoms. The van der Waals surface area contributed by atoms with Crippen molar-refractivity contribution in [1.82, 2.24) is 5.32 Å². The molecule has 0 radical (unpaired) electrons. The molecule has 2 aromatic rings. The van der Waals surface area contributed by atoms with Crippen molar-refractivity contribution < 1.29 is 9.13 Å². The first-order valence-corrected chi connectivity index (χ1v) is 7.13. The van der Waals surface area contributed by atoms with Gasteiger partial charge in [0.15, 0.2) is 0 Å². The predicted molar refractivity (Wildman–Crippen MR) is 82.7 cm³/mol. The molecule has 1 unspecified atom stereocenters. The van der Waals surface area contributed by atoms with E-state index in [0.29, 0.717) is 4.47 Å². The smallest absolute Gasteiger partial charge is 0.137 e. The number of rotatable bonds is 4. The second kappa shape index (κ2) is 6.37. The Morgan fingerprint density at radius 1 is 1.20 bits per heavy atom. The fourth-order valence-electron chi connectivity index (χ4n) is 2.29. The first-order valence-electron chi connectivity index (χ1n) is 6.33. The topological polar surface area (TPSA) is 21.3 Å². The summed E-state index contributed by atoms with van der Waals surface area (Å²) in [5, 5.41) is 3.24. The van der Waals surface area contributed by atoms with Crippen LogP contribution in [-0.4, -0.2) is 14.2 Å². The van der Waals surface area contributed by atoms with Gasteiger partial charge in [-0.2, -0.15) is 0 Å². The Balaban J connectivity index is 2.43. The molecule has 0 aromatic heterocycles. The highest BCUT2D eigenvalue weighted by molar-refractivity contribution is 9.10. The van der Waals surface area contributed by atoms with Gasteiger partial charge in [0, 0.05) is 0 Å². The average molecular weight is 338 g/mol. The highest BCUT2D eigenvalue weighted by atomic mass is 79.9. The molecule has 0 aliphatic heterocycles. The highest BCUT2D eigenvalue weighted by Crippen LogP contribution is 2.29. The summed E-state index contributed by atoms with van der Waals surface area (Å²) in [6, 6.07) is 11.1.